The van der Waals surface area contributed by atoms with Crippen molar-refractivity contribution in [2.45, 2.75) is 6.92 Å². The monoisotopic (exact) mass is 296 g/mol. The maximum absolute atomic E-state index is 11.8. The predicted molar refractivity (Wildman–Crippen MR) is 77.4 cm³/mol. The maximum Gasteiger partial charge on any atom is 0.348 e. The molecule has 0 unspecified atom stereocenters. The van der Waals surface area contributed by atoms with Gasteiger partial charge >= 0.3 is 5.97 Å². The Kier molecular flexibility index (Phi) is 4.12. The van der Waals surface area contributed by atoms with Crippen LogP contribution < -0.4 is 4.74 Å². The number of carbonyl (C=O) groups is 1. The lowest BCUT2D eigenvalue weighted by molar-refractivity contribution is 0.0607. The van der Waals surface area contributed by atoms with E-state index in [-0.39, 0.29) is 5.97 Å². The summed E-state index contributed by atoms with van der Waals surface area (Å²) < 4.78 is 10.0. The van der Waals surface area contributed by atoms with Crippen LogP contribution in [-0.2, 0) is 4.74 Å². The average molecular weight is 297 g/mol. The first-order valence-electron chi connectivity index (χ1n) is 5.58. The number of hydrogen-bond acceptors (Lipinski definition) is 4. The standard InChI is InChI=1S/C14H13ClO3S/c1-8-7-19-13(14(16)18-3)12(8)9-4-5-10(15)11(6-9)17-2/h4-7H,1-3H3. The van der Waals surface area contributed by atoms with Gasteiger partial charge in [-0.1, -0.05) is 17.7 Å². The highest BCUT2D eigenvalue weighted by Crippen LogP contribution is 2.36. The second-order valence-electron chi connectivity index (χ2n) is 3.96. The van der Waals surface area contributed by atoms with Crippen molar-refractivity contribution in [2.24, 2.45) is 0 Å². The van der Waals surface area contributed by atoms with Crippen molar-refractivity contribution in [3.8, 4) is 16.9 Å². The van der Waals surface area contributed by atoms with Gasteiger partial charge in [-0.15, -0.1) is 11.3 Å². The molecular weight excluding hydrogens is 284 g/mol. The van der Waals surface area contributed by atoms with E-state index in [1.807, 2.05) is 24.4 Å². The van der Waals surface area contributed by atoms with E-state index in [1.54, 1.807) is 13.2 Å². The van der Waals surface area contributed by atoms with Gasteiger partial charge in [-0.3, -0.25) is 0 Å². The van der Waals surface area contributed by atoms with E-state index in [0.717, 1.165) is 16.7 Å². The fourth-order valence-electron chi connectivity index (χ4n) is 1.86. The molecule has 1 heterocycles. The molecule has 0 amide bonds. The van der Waals surface area contributed by atoms with E-state index >= 15 is 0 Å². The fourth-order valence-corrected chi connectivity index (χ4v) is 3.04. The Hall–Kier alpha value is -1.52. The lowest BCUT2D eigenvalue weighted by Gasteiger charge is -2.08. The zero-order valence-electron chi connectivity index (χ0n) is 10.8. The highest BCUT2D eigenvalue weighted by atomic mass is 35.5. The Morgan fingerprint density at radius 2 is 2.05 bits per heavy atom. The number of esters is 1. The normalized spacial score (nSPS) is 10.3. The summed E-state index contributed by atoms with van der Waals surface area (Å²) in [6.45, 7) is 1.96. The highest BCUT2D eigenvalue weighted by molar-refractivity contribution is 7.12. The van der Waals surface area contributed by atoms with Gasteiger partial charge in [-0.05, 0) is 35.6 Å². The van der Waals surface area contributed by atoms with Crippen molar-refractivity contribution in [2.75, 3.05) is 14.2 Å². The van der Waals surface area contributed by atoms with Crippen LogP contribution in [0.2, 0.25) is 5.02 Å². The molecule has 0 aliphatic rings. The smallest absolute Gasteiger partial charge is 0.348 e. The predicted octanol–water partition coefficient (Wildman–Crippen LogP) is 4.17. The Morgan fingerprint density at radius 1 is 1.32 bits per heavy atom. The molecule has 0 saturated carbocycles. The van der Waals surface area contributed by atoms with Gasteiger partial charge in [0.2, 0.25) is 0 Å². The van der Waals surface area contributed by atoms with Crippen molar-refractivity contribution in [3.05, 3.63) is 39.0 Å². The molecule has 2 aromatic rings. The molecule has 0 aliphatic carbocycles. The van der Waals surface area contributed by atoms with Crippen LogP contribution in [-0.4, -0.2) is 20.2 Å². The van der Waals surface area contributed by atoms with Gasteiger partial charge in [0.1, 0.15) is 10.6 Å². The molecule has 0 aliphatic heterocycles. The molecule has 3 nitrogen and oxygen atoms in total. The minimum Gasteiger partial charge on any atom is -0.495 e. The van der Waals surface area contributed by atoms with Gasteiger partial charge in [-0.2, -0.15) is 0 Å². The molecule has 0 fully saturated rings. The largest absolute Gasteiger partial charge is 0.495 e. The summed E-state index contributed by atoms with van der Waals surface area (Å²) in [5.41, 5.74) is 2.78. The Bertz CT molecular complexity index is 619. The fraction of sp³-hybridized carbons (Fsp3) is 0.214. The summed E-state index contributed by atoms with van der Waals surface area (Å²) in [7, 11) is 2.94. The van der Waals surface area contributed by atoms with E-state index < -0.39 is 0 Å². The SMILES string of the molecule is COC(=O)c1scc(C)c1-c1ccc(Cl)c(OC)c1. The third-order valence-corrected chi connectivity index (χ3v) is 4.18. The molecule has 100 valence electrons. The van der Waals surface area contributed by atoms with Crippen LogP contribution in [0.25, 0.3) is 11.1 Å². The molecule has 1 aromatic carbocycles. The van der Waals surface area contributed by atoms with E-state index in [1.165, 1.54) is 18.4 Å². The van der Waals surface area contributed by atoms with Gasteiger partial charge in [0.25, 0.3) is 0 Å². The first kappa shape index (κ1) is 13.9. The number of hydrogen-bond donors (Lipinski definition) is 0. The minimum atomic E-state index is -0.331. The number of thiophene rings is 1. The Balaban J connectivity index is 2.58. The average Bonchev–Trinajstić information content (AvgIpc) is 2.80. The van der Waals surface area contributed by atoms with Gasteiger partial charge in [0.15, 0.2) is 0 Å². The number of aryl methyl sites for hydroxylation is 1. The molecule has 2 rings (SSSR count). The van der Waals surface area contributed by atoms with Crippen LogP contribution in [0.5, 0.6) is 5.75 Å². The molecule has 1 aromatic heterocycles. The molecule has 0 atom stereocenters. The maximum atomic E-state index is 11.8. The molecule has 5 heteroatoms. The van der Waals surface area contributed by atoms with Crippen LogP contribution in [0.3, 0.4) is 0 Å². The molecule has 0 spiro atoms. The summed E-state index contributed by atoms with van der Waals surface area (Å²) in [4.78, 5) is 12.4. The van der Waals surface area contributed by atoms with Gasteiger partial charge in [0, 0.05) is 5.56 Å². The summed E-state index contributed by atoms with van der Waals surface area (Å²) in [6.07, 6.45) is 0. The summed E-state index contributed by atoms with van der Waals surface area (Å²) in [6, 6.07) is 5.45. The van der Waals surface area contributed by atoms with Crippen molar-refractivity contribution in [3.63, 3.8) is 0 Å². The third-order valence-electron chi connectivity index (χ3n) is 2.79. The number of halogens is 1. The highest BCUT2D eigenvalue weighted by Gasteiger charge is 2.18. The molecular formula is C14H13ClO3S. The number of methoxy groups -OCH3 is 2. The molecule has 0 radical (unpaired) electrons. The first-order chi connectivity index (χ1) is 9.08. The van der Waals surface area contributed by atoms with Gasteiger partial charge in [0.05, 0.1) is 19.2 Å². The molecule has 0 N–H and O–H groups in total. The van der Waals surface area contributed by atoms with E-state index in [2.05, 4.69) is 0 Å². The van der Waals surface area contributed by atoms with Crippen LogP contribution in [0, 0.1) is 6.92 Å². The van der Waals surface area contributed by atoms with E-state index in [0.29, 0.717) is 15.6 Å². The zero-order chi connectivity index (χ0) is 14.0. The third kappa shape index (κ3) is 2.60. The Morgan fingerprint density at radius 3 is 2.68 bits per heavy atom. The zero-order valence-corrected chi connectivity index (χ0v) is 12.4. The van der Waals surface area contributed by atoms with Crippen LogP contribution in [0.1, 0.15) is 15.2 Å². The Labute approximate surface area is 120 Å². The van der Waals surface area contributed by atoms with Crippen molar-refractivity contribution < 1.29 is 14.3 Å². The lowest BCUT2D eigenvalue weighted by Crippen LogP contribution is -2.00. The molecule has 19 heavy (non-hydrogen) atoms. The van der Waals surface area contributed by atoms with Crippen LogP contribution in [0.15, 0.2) is 23.6 Å². The number of benzene rings is 1. The van der Waals surface area contributed by atoms with Crippen LogP contribution in [0.4, 0.5) is 0 Å². The summed E-state index contributed by atoms with van der Waals surface area (Å²) in [5, 5.41) is 2.47. The molecule has 0 saturated heterocycles. The van der Waals surface area contributed by atoms with Crippen molar-refractivity contribution in [1.82, 2.24) is 0 Å². The summed E-state index contributed by atoms with van der Waals surface area (Å²) >= 11 is 7.39. The quantitative estimate of drug-likeness (QED) is 0.797. The minimum absolute atomic E-state index is 0.331. The van der Waals surface area contributed by atoms with Gasteiger partial charge in [-0.25, -0.2) is 4.79 Å². The second kappa shape index (κ2) is 5.63. The van der Waals surface area contributed by atoms with Crippen LogP contribution >= 0.6 is 22.9 Å². The number of rotatable bonds is 3. The number of carbonyl (C=O) groups excluding carboxylic acids is 1. The first-order valence-corrected chi connectivity index (χ1v) is 6.84. The van der Waals surface area contributed by atoms with E-state index in [4.69, 9.17) is 21.1 Å². The van der Waals surface area contributed by atoms with Crippen molar-refractivity contribution >= 4 is 28.9 Å². The second-order valence-corrected chi connectivity index (χ2v) is 5.25. The topological polar surface area (TPSA) is 35.5 Å². The van der Waals surface area contributed by atoms with Gasteiger partial charge < -0.3 is 9.47 Å². The number of ether oxygens (including phenoxy) is 2. The molecule has 0 bridgehead atoms. The van der Waals surface area contributed by atoms with Crippen molar-refractivity contribution in [1.29, 1.82) is 0 Å². The lowest BCUT2D eigenvalue weighted by atomic mass is 10.0. The summed E-state index contributed by atoms with van der Waals surface area (Å²) in [5.74, 6) is 0.252. The van der Waals surface area contributed by atoms with E-state index in [9.17, 15) is 4.79 Å².